The second kappa shape index (κ2) is 4.79. The Kier molecular flexibility index (Phi) is 3.39. The van der Waals surface area contributed by atoms with Crippen LogP contribution in [0.2, 0.25) is 0 Å². The second-order valence-electron chi connectivity index (χ2n) is 8.04. The van der Waals surface area contributed by atoms with Gasteiger partial charge in [-0.1, -0.05) is 26.7 Å². The van der Waals surface area contributed by atoms with Crippen LogP contribution in [-0.2, 0) is 9.53 Å². The molecule has 0 saturated heterocycles. The SMILES string of the molecule is CC1(C)CCCCC1C(=O)OCC12CCC(CC1)C2. The predicted molar refractivity (Wildman–Crippen MR) is 75.7 cm³/mol. The fourth-order valence-corrected chi connectivity index (χ4v) is 4.77. The highest BCUT2D eigenvalue weighted by Crippen LogP contribution is 2.54. The number of ether oxygens (including phenoxy) is 1. The quantitative estimate of drug-likeness (QED) is 0.709. The number of fused-ring (bicyclic) bond motifs is 2. The third-order valence-electron chi connectivity index (χ3n) is 6.20. The molecule has 0 spiro atoms. The van der Waals surface area contributed by atoms with Gasteiger partial charge < -0.3 is 4.74 Å². The first-order valence-corrected chi connectivity index (χ1v) is 8.18. The van der Waals surface area contributed by atoms with Gasteiger partial charge in [0.15, 0.2) is 0 Å². The van der Waals surface area contributed by atoms with Crippen LogP contribution in [-0.4, -0.2) is 12.6 Å². The zero-order chi connectivity index (χ0) is 13.5. The van der Waals surface area contributed by atoms with E-state index in [4.69, 9.17) is 4.74 Å². The van der Waals surface area contributed by atoms with E-state index in [9.17, 15) is 4.79 Å². The summed E-state index contributed by atoms with van der Waals surface area (Å²) in [5, 5.41) is 0. The van der Waals surface area contributed by atoms with Crippen LogP contribution in [0.4, 0.5) is 0 Å². The van der Waals surface area contributed by atoms with Crippen LogP contribution >= 0.6 is 0 Å². The van der Waals surface area contributed by atoms with E-state index >= 15 is 0 Å². The van der Waals surface area contributed by atoms with E-state index in [1.807, 2.05) is 0 Å². The van der Waals surface area contributed by atoms with Crippen LogP contribution in [0.15, 0.2) is 0 Å². The van der Waals surface area contributed by atoms with E-state index in [1.165, 1.54) is 51.4 Å². The third kappa shape index (κ3) is 2.55. The highest BCUT2D eigenvalue weighted by atomic mass is 16.5. The van der Waals surface area contributed by atoms with Crippen molar-refractivity contribution in [2.75, 3.05) is 6.61 Å². The van der Waals surface area contributed by atoms with Gasteiger partial charge in [-0.05, 0) is 56.3 Å². The van der Waals surface area contributed by atoms with Crippen LogP contribution in [0.5, 0.6) is 0 Å². The lowest BCUT2D eigenvalue weighted by Gasteiger charge is -2.37. The summed E-state index contributed by atoms with van der Waals surface area (Å²) in [5.41, 5.74) is 0.514. The summed E-state index contributed by atoms with van der Waals surface area (Å²) in [7, 11) is 0. The lowest BCUT2D eigenvalue weighted by Crippen LogP contribution is -2.36. The molecule has 0 N–H and O–H groups in total. The molecule has 1 unspecified atom stereocenters. The van der Waals surface area contributed by atoms with E-state index in [1.54, 1.807) is 0 Å². The lowest BCUT2D eigenvalue weighted by atomic mass is 9.69. The standard InChI is InChI=1S/C17H28O2/c1-16(2)8-4-3-5-14(16)15(18)19-12-17-9-6-13(11-17)7-10-17/h13-14H,3-12H2,1-2H3. The van der Waals surface area contributed by atoms with Gasteiger partial charge in [0.25, 0.3) is 0 Å². The molecule has 19 heavy (non-hydrogen) atoms. The summed E-state index contributed by atoms with van der Waals surface area (Å²) in [6.45, 7) is 5.17. The molecule has 3 aliphatic rings. The molecule has 3 saturated carbocycles. The van der Waals surface area contributed by atoms with Crippen molar-refractivity contribution in [3.63, 3.8) is 0 Å². The van der Waals surface area contributed by atoms with Crippen molar-refractivity contribution in [3.05, 3.63) is 0 Å². The number of rotatable bonds is 3. The Morgan fingerprint density at radius 2 is 1.84 bits per heavy atom. The van der Waals surface area contributed by atoms with Gasteiger partial charge in [0.2, 0.25) is 0 Å². The Balaban J connectivity index is 1.56. The first-order valence-electron chi connectivity index (χ1n) is 8.18. The van der Waals surface area contributed by atoms with Crippen molar-refractivity contribution in [1.29, 1.82) is 0 Å². The first-order chi connectivity index (χ1) is 9.01. The summed E-state index contributed by atoms with van der Waals surface area (Å²) < 4.78 is 5.78. The van der Waals surface area contributed by atoms with Crippen molar-refractivity contribution in [2.24, 2.45) is 22.7 Å². The molecule has 0 heterocycles. The van der Waals surface area contributed by atoms with Crippen LogP contribution in [0.1, 0.15) is 71.6 Å². The minimum absolute atomic E-state index is 0.0921. The van der Waals surface area contributed by atoms with E-state index in [0.717, 1.165) is 12.3 Å². The molecule has 0 radical (unpaired) electrons. The maximum absolute atomic E-state index is 12.4. The minimum atomic E-state index is 0.0921. The number of carbonyl (C=O) groups is 1. The molecule has 0 aliphatic heterocycles. The second-order valence-corrected chi connectivity index (χ2v) is 8.04. The first kappa shape index (κ1) is 13.5. The Morgan fingerprint density at radius 3 is 2.42 bits per heavy atom. The number of carbonyl (C=O) groups excluding carboxylic acids is 1. The summed E-state index contributed by atoms with van der Waals surface area (Å²) >= 11 is 0. The number of hydrogen-bond acceptors (Lipinski definition) is 2. The number of hydrogen-bond donors (Lipinski definition) is 0. The van der Waals surface area contributed by atoms with Crippen LogP contribution < -0.4 is 0 Å². The van der Waals surface area contributed by atoms with Crippen molar-refractivity contribution < 1.29 is 9.53 Å². The van der Waals surface area contributed by atoms with Crippen molar-refractivity contribution in [1.82, 2.24) is 0 Å². The minimum Gasteiger partial charge on any atom is -0.465 e. The van der Waals surface area contributed by atoms with E-state index < -0.39 is 0 Å². The average molecular weight is 264 g/mol. The summed E-state index contributed by atoms with van der Waals surface area (Å²) in [4.78, 5) is 12.4. The third-order valence-corrected chi connectivity index (χ3v) is 6.20. The molecule has 0 amide bonds. The van der Waals surface area contributed by atoms with Gasteiger partial charge in [0, 0.05) is 5.41 Å². The Bertz CT molecular complexity index is 350. The van der Waals surface area contributed by atoms with Crippen LogP contribution in [0.25, 0.3) is 0 Å². The van der Waals surface area contributed by atoms with Gasteiger partial charge in [-0.15, -0.1) is 0 Å². The number of esters is 1. The van der Waals surface area contributed by atoms with Gasteiger partial charge in [-0.2, -0.15) is 0 Å². The molecule has 2 nitrogen and oxygen atoms in total. The Labute approximate surface area is 117 Å². The molecule has 3 fully saturated rings. The van der Waals surface area contributed by atoms with Crippen molar-refractivity contribution in [3.8, 4) is 0 Å². The maximum Gasteiger partial charge on any atom is 0.309 e. The molecule has 108 valence electrons. The van der Waals surface area contributed by atoms with E-state index in [0.29, 0.717) is 12.0 Å². The topological polar surface area (TPSA) is 26.3 Å². The molecule has 0 aromatic carbocycles. The molecule has 3 rings (SSSR count). The normalized spacial score (nSPS) is 40.3. The summed E-state index contributed by atoms with van der Waals surface area (Å²) in [5.74, 6) is 1.16. The van der Waals surface area contributed by atoms with E-state index in [-0.39, 0.29) is 17.3 Å². The maximum atomic E-state index is 12.4. The summed E-state index contributed by atoms with van der Waals surface area (Å²) in [6, 6.07) is 0. The summed E-state index contributed by atoms with van der Waals surface area (Å²) in [6.07, 6.45) is 11.3. The molecule has 0 aromatic rings. The van der Waals surface area contributed by atoms with E-state index in [2.05, 4.69) is 13.8 Å². The highest BCUT2D eigenvalue weighted by molar-refractivity contribution is 5.73. The smallest absolute Gasteiger partial charge is 0.309 e. The van der Waals surface area contributed by atoms with Crippen LogP contribution in [0.3, 0.4) is 0 Å². The molecular weight excluding hydrogens is 236 g/mol. The van der Waals surface area contributed by atoms with Crippen LogP contribution in [0, 0.1) is 22.7 Å². The van der Waals surface area contributed by atoms with Crippen molar-refractivity contribution in [2.45, 2.75) is 71.6 Å². The van der Waals surface area contributed by atoms with Crippen molar-refractivity contribution >= 4 is 5.97 Å². The molecule has 1 atom stereocenters. The molecule has 2 bridgehead atoms. The van der Waals surface area contributed by atoms with Gasteiger partial charge in [-0.25, -0.2) is 0 Å². The Morgan fingerprint density at radius 1 is 1.11 bits per heavy atom. The average Bonchev–Trinajstić information content (AvgIpc) is 2.96. The molecule has 0 aromatic heterocycles. The zero-order valence-electron chi connectivity index (χ0n) is 12.5. The van der Waals surface area contributed by atoms with Gasteiger partial charge >= 0.3 is 5.97 Å². The highest BCUT2D eigenvalue weighted by Gasteiger charge is 2.46. The zero-order valence-corrected chi connectivity index (χ0v) is 12.5. The fourth-order valence-electron chi connectivity index (χ4n) is 4.77. The van der Waals surface area contributed by atoms with Gasteiger partial charge in [0.05, 0.1) is 12.5 Å². The van der Waals surface area contributed by atoms with Gasteiger partial charge in [-0.3, -0.25) is 4.79 Å². The monoisotopic (exact) mass is 264 g/mol. The molecule has 3 aliphatic carbocycles. The van der Waals surface area contributed by atoms with Gasteiger partial charge in [0.1, 0.15) is 0 Å². The molecular formula is C17H28O2. The largest absolute Gasteiger partial charge is 0.465 e. The molecule has 2 heteroatoms. The lowest BCUT2D eigenvalue weighted by molar-refractivity contribution is -0.158. The predicted octanol–water partition coefficient (Wildman–Crippen LogP) is 4.33. The fraction of sp³-hybridized carbons (Fsp3) is 0.941. The Hall–Kier alpha value is -0.530.